The third-order valence-corrected chi connectivity index (χ3v) is 2.69. The summed E-state index contributed by atoms with van der Waals surface area (Å²) in [7, 11) is 0. The minimum Gasteiger partial charge on any atom is -0.445 e. The van der Waals surface area contributed by atoms with Gasteiger partial charge in [-0.2, -0.15) is 0 Å². The number of rotatable bonds is 7. The van der Waals surface area contributed by atoms with Crippen LogP contribution in [0.15, 0.2) is 30.3 Å². The second-order valence-corrected chi connectivity index (χ2v) is 4.69. The number of hydrogen-bond acceptors (Lipinski definition) is 3. The van der Waals surface area contributed by atoms with Gasteiger partial charge in [-0.25, -0.2) is 13.6 Å². The minimum atomic E-state index is -2.82. The topological polar surface area (TPSA) is 58.6 Å². The van der Waals surface area contributed by atoms with E-state index in [1.807, 2.05) is 18.2 Å². The van der Waals surface area contributed by atoms with Crippen LogP contribution in [0.5, 0.6) is 0 Å². The van der Waals surface area contributed by atoms with Gasteiger partial charge in [-0.15, -0.1) is 0 Å². The zero-order valence-electron chi connectivity index (χ0n) is 11.3. The normalized spacial score (nSPS) is 12.8. The summed E-state index contributed by atoms with van der Waals surface area (Å²) in [6, 6.07) is 8.34. The molecule has 1 amide bonds. The number of alkyl halides is 2. The van der Waals surface area contributed by atoms with Crippen LogP contribution in [0.4, 0.5) is 13.6 Å². The maximum Gasteiger partial charge on any atom is 0.407 e. The number of aliphatic hydroxyl groups excluding tert-OH is 1. The third kappa shape index (κ3) is 7.04. The van der Waals surface area contributed by atoms with Gasteiger partial charge < -0.3 is 15.2 Å². The highest BCUT2D eigenvalue weighted by atomic mass is 19.3. The molecule has 0 aromatic heterocycles. The molecule has 1 atom stereocenters. The van der Waals surface area contributed by atoms with Crippen LogP contribution in [0.1, 0.15) is 25.3 Å². The Morgan fingerprint density at radius 1 is 1.40 bits per heavy atom. The lowest BCUT2D eigenvalue weighted by Gasteiger charge is -2.18. The third-order valence-electron chi connectivity index (χ3n) is 2.69. The van der Waals surface area contributed by atoms with Crippen molar-refractivity contribution >= 4 is 6.09 Å². The van der Waals surface area contributed by atoms with Crippen molar-refractivity contribution in [2.45, 2.75) is 38.3 Å². The maximum absolute atomic E-state index is 12.7. The van der Waals surface area contributed by atoms with Gasteiger partial charge in [-0.3, -0.25) is 0 Å². The van der Waals surface area contributed by atoms with E-state index in [4.69, 9.17) is 9.84 Å². The molecule has 0 bridgehead atoms. The summed E-state index contributed by atoms with van der Waals surface area (Å²) >= 11 is 0. The number of benzene rings is 1. The van der Waals surface area contributed by atoms with Crippen LogP contribution < -0.4 is 5.32 Å². The SMILES string of the molecule is CC(F)(F)CCC(CO)NC(=O)OCc1ccccc1. The molecule has 0 aliphatic heterocycles. The van der Waals surface area contributed by atoms with Crippen LogP contribution in [-0.4, -0.2) is 29.8 Å². The van der Waals surface area contributed by atoms with E-state index in [9.17, 15) is 13.6 Å². The van der Waals surface area contributed by atoms with Gasteiger partial charge in [-0.05, 0) is 18.9 Å². The van der Waals surface area contributed by atoms with E-state index in [1.54, 1.807) is 12.1 Å². The number of amides is 1. The van der Waals surface area contributed by atoms with E-state index in [1.165, 1.54) is 0 Å². The van der Waals surface area contributed by atoms with E-state index in [0.717, 1.165) is 12.5 Å². The molecule has 0 heterocycles. The molecule has 112 valence electrons. The number of aliphatic hydroxyl groups is 1. The second kappa shape index (κ2) is 7.79. The van der Waals surface area contributed by atoms with Gasteiger partial charge in [0, 0.05) is 6.42 Å². The number of alkyl carbamates (subject to hydrolysis) is 1. The summed E-state index contributed by atoms with van der Waals surface area (Å²) in [5.74, 6) is -2.82. The van der Waals surface area contributed by atoms with E-state index >= 15 is 0 Å². The molecule has 20 heavy (non-hydrogen) atoms. The predicted molar refractivity (Wildman–Crippen MR) is 70.5 cm³/mol. The van der Waals surface area contributed by atoms with Gasteiger partial charge >= 0.3 is 6.09 Å². The summed E-state index contributed by atoms with van der Waals surface area (Å²) < 4.78 is 30.3. The number of carbonyl (C=O) groups is 1. The van der Waals surface area contributed by atoms with Gasteiger partial charge in [0.2, 0.25) is 5.92 Å². The largest absolute Gasteiger partial charge is 0.445 e. The van der Waals surface area contributed by atoms with Crippen LogP contribution in [0, 0.1) is 0 Å². The highest BCUT2D eigenvalue weighted by Crippen LogP contribution is 2.19. The fraction of sp³-hybridized carbons (Fsp3) is 0.500. The first-order chi connectivity index (χ1) is 9.40. The Morgan fingerprint density at radius 3 is 2.60 bits per heavy atom. The first-order valence-electron chi connectivity index (χ1n) is 6.36. The number of halogens is 2. The van der Waals surface area contributed by atoms with Gasteiger partial charge in [-0.1, -0.05) is 30.3 Å². The number of nitrogens with one attached hydrogen (secondary N) is 1. The number of ether oxygens (including phenoxy) is 1. The van der Waals surface area contributed by atoms with Crippen molar-refractivity contribution in [1.29, 1.82) is 0 Å². The van der Waals surface area contributed by atoms with E-state index in [2.05, 4.69) is 5.32 Å². The van der Waals surface area contributed by atoms with Gasteiger partial charge in [0.05, 0.1) is 12.6 Å². The zero-order valence-corrected chi connectivity index (χ0v) is 11.3. The lowest BCUT2D eigenvalue weighted by Crippen LogP contribution is -2.38. The molecule has 0 spiro atoms. The second-order valence-electron chi connectivity index (χ2n) is 4.69. The monoisotopic (exact) mass is 287 g/mol. The highest BCUT2D eigenvalue weighted by molar-refractivity contribution is 5.67. The van der Waals surface area contributed by atoms with Gasteiger partial charge in [0.25, 0.3) is 0 Å². The average Bonchev–Trinajstić information content (AvgIpc) is 2.41. The molecule has 1 rings (SSSR count). The summed E-state index contributed by atoms with van der Waals surface area (Å²) in [4.78, 5) is 11.5. The van der Waals surface area contributed by atoms with Crippen molar-refractivity contribution in [1.82, 2.24) is 5.32 Å². The molecule has 2 N–H and O–H groups in total. The van der Waals surface area contributed by atoms with Gasteiger partial charge in [0.1, 0.15) is 6.61 Å². The van der Waals surface area contributed by atoms with Crippen molar-refractivity contribution in [2.75, 3.05) is 6.61 Å². The van der Waals surface area contributed by atoms with Crippen molar-refractivity contribution in [3.63, 3.8) is 0 Å². The van der Waals surface area contributed by atoms with Crippen molar-refractivity contribution in [2.24, 2.45) is 0 Å². The Hall–Kier alpha value is -1.69. The Morgan fingerprint density at radius 2 is 2.05 bits per heavy atom. The molecule has 6 heteroatoms. The molecule has 0 radical (unpaired) electrons. The molecular formula is C14H19F2NO3. The average molecular weight is 287 g/mol. The molecule has 1 aromatic carbocycles. The summed E-state index contributed by atoms with van der Waals surface area (Å²) in [5, 5.41) is 11.4. The molecule has 4 nitrogen and oxygen atoms in total. The van der Waals surface area contributed by atoms with Crippen LogP contribution in [0.2, 0.25) is 0 Å². The van der Waals surface area contributed by atoms with E-state index < -0.39 is 31.1 Å². The summed E-state index contributed by atoms with van der Waals surface area (Å²) in [5.41, 5.74) is 0.822. The summed E-state index contributed by atoms with van der Waals surface area (Å²) in [6.45, 7) is 0.487. The molecular weight excluding hydrogens is 268 g/mol. The standard InChI is InChI=1S/C14H19F2NO3/c1-14(15,16)8-7-12(9-18)17-13(19)20-10-11-5-3-2-4-6-11/h2-6,12,18H,7-10H2,1H3,(H,17,19). The van der Waals surface area contributed by atoms with Crippen LogP contribution in [0.25, 0.3) is 0 Å². The van der Waals surface area contributed by atoms with Gasteiger partial charge in [0.15, 0.2) is 0 Å². The molecule has 0 aliphatic rings. The molecule has 1 aromatic rings. The van der Waals surface area contributed by atoms with Crippen molar-refractivity contribution < 1.29 is 23.4 Å². The lowest BCUT2D eigenvalue weighted by atomic mass is 10.1. The lowest BCUT2D eigenvalue weighted by molar-refractivity contribution is 0.00629. The van der Waals surface area contributed by atoms with Crippen LogP contribution in [-0.2, 0) is 11.3 Å². The van der Waals surface area contributed by atoms with Crippen LogP contribution in [0.3, 0.4) is 0 Å². The molecule has 0 saturated carbocycles. The molecule has 0 saturated heterocycles. The van der Waals surface area contributed by atoms with Crippen molar-refractivity contribution in [3.05, 3.63) is 35.9 Å². The van der Waals surface area contributed by atoms with E-state index in [0.29, 0.717) is 0 Å². The Kier molecular flexibility index (Phi) is 6.38. The number of carbonyl (C=O) groups excluding carboxylic acids is 1. The number of hydrogen-bond donors (Lipinski definition) is 2. The first-order valence-corrected chi connectivity index (χ1v) is 6.36. The fourth-order valence-corrected chi connectivity index (χ4v) is 1.57. The minimum absolute atomic E-state index is 0.0135. The van der Waals surface area contributed by atoms with E-state index in [-0.39, 0.29) is 13.0 Å². The molecule has 1 unspecified atom stereocenters. The molecule has 0 fully saturated rings. The van der Waals surface area contributed by atoms with Crippen molar-refractivity contribution in [3.8, 4) is 0 Å². The molecule has 0 aliphatic carbocycles. The fourth-order valence-electron chi connectivity index (χ4n) is 1.57. The Bertz CT molecular complexity index is 407. The Balaban J connectivity index is 2.32. The quantitative estimate of drug-likeness (QED) is 0.810. The predicted octanol–water partition coefficient (Wildman–Crippen LogP) is 2.71. The Labute approximate surface area is 116 Å². The highest BCUT2D eigenvalue weighted by Gasteiger charge is 2.23. The first kappa shape index (κ1) is 16.4. The summed E-state index contributed by atoms with van der Waals surface area (Å²) in [6.07, 6.45) is -1.15. The smallest absolute Gasteiger partial charge is 0.407 e. The van der Waals surface area contributed by atoms with Crippen LogP contribution >= 0.6 is 0 Å². The zero-order chi connectivity index (χ0) is 15.0. The maximum atomic E-state index is 12.7.